The zero-order valence-corrected chi connectivity index (χ0v) is 12.8. The van der Waals surface area contributed by atoms with Crippen LogP contribution in [0.1, 0.15) is 52.9 Å². The van der Waals surface area contributed by atoms with E-state index in [1.54, 1.807) is 0 Å². The molecule has 0 aromatic heterocycles. The van der Waals surface area contributed by atoms with Gasteiger partial charge in [-0.1, -0.05) is 27.2 Å². The van der Waals surface area contributed by atoms with Crippen molar-refractivity contribution in [3.8, 4) is 0 Å². The number of unbranched alkanes of at least 4 members (excludes halogenated alkanes) is 1. The molecule has 4 heteroatoms. The van der Waals surface area contributed by atoms with Crippen molar-refractivity contribution in [2.24, 2.45) is 11.7 Å². The van der Waals surface area contributed by atoms with Crippen molar-refractivity contribution in [3.05, 3.63) is 0 Å². The molecule has 0 aromatic rings. The second-order valence-electron chi connectivity index (χ2n) is 6.21. The molecule has 0 radical (unpaired) electrons. The van der Waals surface area contributed by atoms with Gasteiger partial charge < -0.3 is 16.0 Å². The molecule has 1 amide bonds. The molecule has 1 saturated heterocycles. The molecule has 0 aliphatic carbocycles. The van der Waals surface area contributed by atoms with E-state index in [9.17, 15) is 4.79 Å². The van der Waals surface area contributed by atoms with Crippen molar-refractivity contribution < 1.29 is 4.79 Å². The van der Waals surface area contributed by atoms with Gasteiger partial charge in [-0.2, -0.15) is 0 Å². The molecule has 0 bridgehead atoms. The molecule has 0 aromatic carbocycles. The van der Waals surface area contributed by atoms with Gasteiger partial charge in [0, 0.05) is 19.1 Å². The summed E-state index contributed by atoms with van der Waals surface area (Å²) in [5.41, 5.74) is 5.91. The number of carbonyl (C=O) groups is 1. The van der Waals surface area contributed by atoms with Gasteiger partial charge in [0.05, 0.1) is 6.04 Å². The SMILES string of the molecule is CCCCN1CCC(NC(=O)C(N)CC(C)C)CC1. The molecule has 0 spiro atoms. The first-order chi connectivity index (χ1) is 9.02. The lowest BCUT2D eigenvalue weighted by Gasteiger charge is -2.32. The lowest BCUT2D eigenvalue weighted by molar-refractivity contribution is -0.123. The summed E-state index contributed by atoms with van der Waals surface area (Å²) in [7, 11) is 0. The normalized spacial score (nSPS) is 19.6. The number of hydrogen-bond donors (Lipinski definition) is 2. The van der Waals surface area contributed by atoms with Crippen LogP contribution in [0.3, 0.4) is 0 Å². The van der Waals surface area contributed by atoms with Crippen molar-refractivity contribution in [1.82, 2.24) is 10.2 Å². The van der Waals surface area contributed by atoms with Crippen LogP contribution in [0, 0.1) is 5.92 Å². The summed E-state index contributed by atoms with van der Waals surface area (Å²) in [6.07, 6.45) is 5.41. The van der Waals surface area contributed by atoms with E-state index in [2.05, 4.69) is 31.0 Å². The van der Waals surface area contributed by atoms with Crippen molar-refractivity contribution in [2.45, 2.75) is 65.0 Å². The van der Waals surface area contributed by atoms with Crippen LogP contribution in [0.5, 0.6) is 0 Å². The lowest BCUT2D eigenvalue weighted by Crippen LogP contribution is -2.50. The van der Waals surface area contributed by atoms with E-state index in [0.717, 1.165) is 32.4 Å². The summed E-state index contributed by atoms with van der Waals surface area (Å²) in [5.74, 6) is 0.498. The minimum absolute atomic E-state index is 0.0284. The molecule has 1 heterocycles. The number of hydrogen-bond acceptors (Lipinski definition) is 3. The van der Waals surface area contributed by atoms with Crippen LogP contribution < -0.4 is 11.1 Å². The number of nitrogens with two attached hydrogens (primary N) is 1. The molecule has 112 valence electrons. The van der Waals surface area contributed by atoms with Gasteiger partial charge in [0.1, 0.15) is 0 Å². The fourth-order valence-corrected chi connectivity index (χ4v) is 2.61. The second-order valence-corrected chi connectivity index (χ2v) is 6.21. The van der Waals surface area contributed by atoms with E-state index in [0.29, 0.717) is 12.0 Å². The molecule has 1 atom stereocenters. The number of likely N-dealkylation sites (tertiary alicyclic amines) is 1. The Kier molecular flexibility index (Phi) is 7.39. The second kappa shape index (κ2) is 8.54. The molecule has 19 heavy (non-hydrogen) atoms. The van der Waals surface area contributed by atoms with Gasteiger partial charge in [-0.25, -0.2) is 0 Å². The Balaban J connectivity index is 2.23. The molecule has 1 aliphatic rings. The minimum Gasteiger partial charge on any atom is -0.352 e. The minimum atomic E-state index is -0.349. The van der Waals surface area contributed by atoms with Gasteiger partial charge in [0.25, 0.3) is 0 Å². The van der Waals surface area contributed by atoms with E-state index in [-0.39, 0.29) is 11.9 Å². The fraction of sp³-hybridized carbons (Fsp3) is 0.933. The standard InChI is InChI=1S/C15H31N3O/c1-4-5-8-18-9-6-13(7-10-18)17-15(19)14(16)11-12(2)3/h12-14H,4-11,16H2,1-3H3,(H,17,19). The Morgan fingerprint density at radius 1 is 1.37 bits per heavy atom. The first kappa shape index (κ1) is 16.4. The highest BCUT2D eigenvalue weighted by Gasteiger charge is 2.22. The molecular formula is C15H31N3O. The third-order valence-corrected chi connectivity index (χ3v) is 3.82. The van der Waals surface area contributed by atoms with E-state index in [1.165, 1.54) is 19.4 Å². The van der Waals surface area contributed by atoms with Crippen LogP contribution in [-0.2, 0) is 4.79 Å². The lowest BCUT2D eigenvalue weighted by atomic mass is 10.0. The fourth-order valence-electron chi connectivity index (χ4n) is 2.61. The smallest absolute Gasteiger partial charge is 0.237 e. The Morgan fingerprint density at radius 2 is 2.00 bits per heavy atom. The predicted octanol–water partition coefficient (Wildman–Crippen LogP) is 1.74. The molecule has 3 N–H and O–H groups in total. The first-order valence-corrected chi connectivity index (χ1v) is 7.81. The van der Waals surface area contributed by atoms with Crippen LogP contribution >= 0.6 is 0 Å². The third kappa shape index (κ3) is 6.39. The summed E-state index contributed by atoms with van der Waals surface area (Å²) in [6.45, 7) is 9.82. The predicted molar refractivity (Wildman–Crippen MR) is 79.9 cm³/mol. The molecular weight excluding hydrogens is 238 g/mol. The van der Waals surface area contributed by atoms with Gasteiger partial charge in [0.2, 0.25) is 5.91 Å². The summed E-state index contributed by atoms with van der Waals surface area (Å²) >= 11 is 0. The third-order valence-electron chi connectivity index (χ3n) is 3.82. The Labute approximate surface area is 118 Å². The number of carbonyl (C=O) groups excluding carboxylic acids is 1. The van der Waals surface area contributed by atoms with Crippen LogP contribution in [0.4, 0.5) is 0 Å². The monoisotopic (exact) mass is 269 g/mol. The van der Waals surface area contributed by atoms with Gasteiger partial charge >= 0.3 is 0 Å². The van der Waals surface area contributed by atoms with E-state index in [1.807, 2.05) is 0 Å². The molecule has 1 rings (SSSR count). The highest BCUT2D eigenvalue weighted by atomic mass is 16.2. The van der Waals surface area contributed by atoms with Crippen LogP contribution in [0.25, 0.3) is 0 Å². The van der Waals surface area contributed by atoms with Crippen LogP contribution in [0.15, 0.2) is 0 Å². The van der Waals surface area contributed by atoms with Gasteiger partial charge in [-0.3, -0.25) is 4.79 Å². The Hall–Kier alpha value is -0.610. The summed E-state index contributed by atoms with van der Waals surface area (Å²) in [5, 5.41) is 3.11. The average Bonchev–Trinajstić information content (AvgIpc) is 2.37. The number of nitrogens with one attached hydrogen (secondary N) is 1. The number of piperidine rings is 1. The topological polar surface area (TPSA) is 58.4 Å². The molecule has 1 aliphatic heterocycles. The van der Waals surface area contributed by atoms with Gasteiger partial charge in [-0.05, 0) is 38.1 Å². The van der Waals surface area contributed by atoms with Gasteiger partial charge in [-0.15, -0.1) is 0 Å². The average molecular weight is 269 g/mol. The van der Waals surface area contributed by atoms with E-state index < -0.39 is 0 Å². The molecule has 1 unspecified atom stereocenters. The summed E-state index contributed by atoms with van der Waals surface area (Å²) < 4.78 is 0. The zero-order chi connectivity index (χ0) is 14.3. The number of amides is 1. The highest BCUT2D eigenvalue weighted by Crippen LogP contribution is 2.12. The maximum Gasteiger partial charge on any atom is 0.237 e. The first-order valence-electron chi connectivity index (χ1n) is 7.81. The maximum absolute atomic E-state index is 12.0. The summed E-state index contributed by atoms with van der Waals surface area (Å²) in [4.78, 5) is 14.5. The molecule has 4 nitrogen and oxygen atoms in total. The quantitative estimate of drug-likeness (QED) is 0.740. The van der Waals surface area contributed by atoms with Crippen molar-refractivity contribution in [2.75, 3.05) is 19.6 Å². The largest absolute Gasteiger partial charge is 0.352 e. The molecule has 1 fully saturated rings. The van der Waals surface area contributed by atoms with E-state index >= 15 is 0 Å². The number of nitrogens with zero attached hydrogens (tertiary/aromatic N) is 1. The van der Waals surface area contributed by atoms with E-state index in [4.69, 9.17) is 5.73 Å². The van der Waals surface area contributed by atoms with Crippen LogP contribution in [0.2, 0.25) is 0 Å². The Bertz CT molecular complexity index is 260. The zero-order valence-electron chi connectivity index (χ0n) is 12.8. The highest BCUT2D eigenvalue weighted by molar-refractivity contribution is 5.81. The van der Waals surface area contributed by atoms with Crippen LogP contribution in [-0.4, -0.2) is 42.5 Å². The number of rotatable bonds is 7. The maximum atomic E-state index is 12.0. The van der Waals surface area contributed by atoms with Crippen molar-refractivity contribution in [1.29, 1.82) is 0 Å². The Morgan fingerprint density at radius 3 is 2.53 bits per heavy atom. The van der Waals surface area contributed by atoms with Gasteiger partial charge in [0.15, 0.2) is 0 Å². The molecule has 0 saturated carbocycles. The summed E-state index contributed by atoms with van der Waals surface area (Å²) in [6, 6.07) is -0.0262. The van der Waals surface area contributed by atoms with Crippen molar-refractivity contribution >= 4 is 5.91 Å². The van der Waals surface area contributed by atoms with Crippen molar-refractivity contribution in [3.63, 3.8) is 0 Å².